The minimum absolute atomic E-state index is 0. The van der Waals surface area contributed by atoms with Gasteiger partial charge in [0.1, 0.15) is 64.5 Å². The zero-order valence-corrected chi connectivity index (χ0v) is 77.7. The van der Waals surface area contributed by atoms with Crippen LogP contribution in [0.2, 0.25) is 0 Å². The predicted octanol–water partition coefficient (Wildman–Crippen LogP) is 7.99. The Hall–Kier alpha value is -15.7. The van der Waals surface area contributed by atoms with Crippen LogP contribution in [0, 0.1) is 0 Å². The maximum Gasteiger partial charge on any atom is 0.417 e. The maximum atomic E-state index is 12.0. The molecule has 0 saturated carbocycles. The number of hydrogen-bond acceptors (Lipinski definition) is 44. The quantitative estimate of drug-likeness (QED) is 0.0150. The molecule has 0 aromatic heterocycles. The van der Waals surface area contributed by atoms with E-state index >= 15 is 0 Å². The summed E-state index contributed by atoms with van der Waals surface area (Å²) in [6, 6.07) is 0. The molecular formula is C81H105F17O44. The first-order valence-electron chi connectivity index (χ1n) is 37.7. The van der Waals surface area contributed by atoms with Gasteiger partial charge in [0.05, 0.1) is 113 Å². The van der Waals surface area contributed by atoms with Crippen LogP contribution >= 0.6 is 0 Å². The average molecular weight is 2110 g/mol. The molecule has 0 amide bonds. The molecule has 0 heterocycles. The molecule has 0 bridgehead atoms. The highest BCUT2D eigenvalue weighted by molar-refractivity contribution is 6.33. The normalized spacial score (nSPS) is 9.73. The number of rotatable bonds is 33. The van der Waals surface area contributed by atoms with E-state index in [9.17, 15) is 171 Å². The minimum Gasteiger partial charge on any atom is -0.461 e. The highest BCUT2D eigenvalue weighted by atomic mass is 19.4. The van der Waals surface area contributed by atoms with Gasteiger partial charge in [0, 0.05) is 31.4 Å². The van der Waals surface area contributed by atoms with Crippen molar-refractivity contribution in [3.8, 4) is 0 Å². The SMILES string of the molecule is C=C(F)CCCOC(=O)C(=O)OC.C=C(F)CCOC(=O)C(=O)OC.C=C(F)CCOC(=O)C(=O)OCC.C=C(F)COC(=O)C(=O)OC.C=C(F)COC(=O)C(=O)OCC.CC=CCOC(=O)C(=O)OC.CC=CCOC(=O)C(=O)OCC.CCOC(=O)C(=O)OCC=CC(F)(F)F.CCOC(=O)C(=O)OCC=CC(F)F.COC(=O)C(=O)OCC=CC(F)(F)F.COC(=O)C(=O)OCC=CC(F)F.F.F. The van der Waals surface area contributed by atoms with Gasteiger partial charge in [0.15, 0.2) is 0 Å². The van der Waals surface area contributed by atoms with Gasteiger partial charge in [-0.15, -0.1) is 0 Å². The molecule has 0 rings (SSSR count). The molecule has 0 unspecified atom stereocenters. The van der Waals surface area contributed by atoms with Crippen LogP contribution in [0.3, 0.4) is 0 Å². The van der Waals surface area contributed by atoms with E-state index in [4.69, 9.17) is 0 Å². The number of allylic oxidation sites excluding steroid dienone is 7. The van der Waals surface area contributed by atoms with Crippen molar-refractivity contribution < 1.29 is 285 Å². The Morgan fingerprint density at radius 2 is 0.423 bits per heavy atom. The fraction of sp³-hybridized carbons (Fsp3) is 0.457. The topological polar surface area (TPSA) is 579 Å². The van der Waals surface area contributed by atoms with E-state index in [1.807, 2.05) is 0 Å². The van der Waals surface area contributed by atoms with E-state index in [-0.39, 0.29) is 120 Å². The summed E-state index contributed by atoms with van der Waals surface area (Å²) in [6.45, 7) is 22.8. The third-order valence-electron chi connectivity index (χ3n) is 10.6. The zero-order valence-electron chi connectivity index (χ0n) is 77.7. The lowest BCUT2D eigenvalue weighted by Gasteiger charge is -2.02. The number of alkyl halides is 10. The number of hydrogen-bond donors (Lipinski definition) is 0. The van der Waals surface area contributed by atoms with Gasteiger partial charge in [-0.3, -0.25) is 9.41 Å². The van der Waals surface area contributed by atoms with Crippen molar-refractivity contribution >= 4 is 131 Å². The van der Waals surface area contributed by atoms with Crippen molar-refractivity contribution in [2.75, 3.05) is 148 Å². The molecule has 0 aromatic rings. The van der Waals surface area contributed by atoms with Crippen LogP contribution in [-0.4, -0.2) is 305 Å². The van der Waals surface area contributed by atoms with E-state index in [1.165, 1.54) is 13.8 Å². The average Bonchev–Trinajstić information content (AvgIpc) is 0.554. The van der Waals surface area contributed by atoms with E-state index in [1.54, 1.807) is 58.9 Å². The number of ether oxygens (including phenoxy) is 22. The van der Waals surface area contributed by atoms with Crippen LogP contribution < -0.4 is 0 Å². The van der Waals surface area contributed by atoms with Crippen LogP contribution in [0.5, 0.6) is 0 Å². The molecule has 0 fully saturated rings. The van der Waals surface area contributed by atoms with Crippen LogP contribution in [0.25, 0.3) is 0 Å². The summed E-state index contributed by atoms with van der Waals surface area (Å²) >= 11 is 0. The van der Waals surface area contributed by atoms with Crippen molar-refractivity contribution in [1.82, 2.24) is 0 Å². The van der Waals surface area contributed by atoms with Crippen molar-refractivity contribution in [2.45, 2.75) is 99.4 Å². The Kier molecular flexibility index (Phi) is 112. The minimum atomic E-state index is -4.46. The molecule has 0 N–H and O–H groups in total. The molecule has 44 nitrogen and oxygen atoms in total. The van der Waals surface area contributed by atoms with Crippen molar-refractivity contribution in [3.63, 3.8) is 0 Å². The smallest absolute Gasteiger partial charge is 0.417 e. The highest BCUT2D eigenvalue weighted by Crippen LogP contribution is 2.17. The van der Waals surface area contributed by atoms with Gasteiger partial charge in [0.25, 0.3) is 12.9 Å². The predicted molar refractivity (Wildman–Crippen MR) is 441 cm³/mol. The lowest BCUT2D eigenvalue weighted by Crippen LogP contribution is -2.20. The lowest BCUT2D eigenvalue weighted by atomic mass is 10.3. The Morgan fingerprint density at radius 3 is 0.613 bits per heavy atom. The number of halogens is 17. The standard InChI is InChI=1S/C8H9F3O4.C8H10F2O4.2C8H11FO4.C8H12O4.C7H7F3O4.C7H8F2O4.2C7H9FO4.C7H10O4.C6H7FO4.2FH/c1-2-14-6(12)7(13)15-5-3-4-8(9,10)11;1-2-13-7(11)8(12)14-5-3-4-6(9)10;1-6(9)4-3-5-13-8(11)7(10)12-2;1-3-12-7(10)8(11)13-5-4-6(2)9;1-3-5-6-12-8(10)7(9)11-4-2;1-13-5(11)6(12)14-4-2-3-7(8,9)10;1-12-6(10)7(11)13-4-2-3-5(8)9;1-5(8)3-4-12-7(10)6(9)11-2;1-3-11-6(9)7(10)12-4-5(2)8;1-3-4-5-11-7(9)6(8)10-2;1-4(7)3-11-6(9)5(8)10-2;;/h3-4H,2,5H2,1H3;3-4,6H,2,5H2,1H3;1,3-5H2,2H3;2-5H2,1H3;3,5H,4,6H2,1-2H3;2-3H,4H2,1H3;2-3,5H,4H2,1H3;1,3-4H2,2H3;2-4H2,1H3;3-4H,5H2,1-2H3;1,3H2,2H3;2*1H. The maximum absolute atomic E-state index is 12.0. The molecule has 142 heavy (non-hydrogen) atoms. The van der Waals surface area contributed by atoms with E-state index < -0.39 is 212 Å². The molecule has 0 aliphatic rings. The number of carbonyl (C=O) groups excluding carboxylic acids is 22. The van der Waals surface area contributed by atoms with Gasteiger partial charge in [-0.05, 0) is 91.3 Å². The summed E-state index contributed by atoms with van der Waals surface area (Å²) in [7, 11) is 6.24. The fourth-order valence-corrected chi connectivity index (χ4v) is 4.94. The van der Waals surface area contributed by atoms with Gasteiger partial charge in [-0.1, -0.05) is 57.2 Å². The number of carbonyl (C=O) groups is 22. The van der Waals surface area contributed by atoms with Gasteiger partial charge in [-0.25, -0.2) is 145 Å². The summed E-state index contributed by atoms with van der Waals surface area (Å²) in [5.74, 6) is -28.2. The van der Waals surface area contributed by atoms with Crippen LogP contribution in [-0.2, 0) is 210 Å². The number of esters is 22. The molecular weight excluding hydrogens is 2000 g/mol. The summed E-state index contributed by atoms with van der Waals surface area (Å²) in [5.41, 5.74) is 0. The first-order chi connectivity index (χ1) is 65.2. The molecule has 0 aromatic carbocycles. The summed E-state index contributed by atoms with van der Waals surface area (Å²) < 4.78 is 267. The summed E-state index contributed by atoms with van der Waals surface area (Å²) in [6.07, 6.45) is -3.31. The van der Waals surface area contributed by atoms with Crippen LogP contribution in [0.15, 0.2) is 135 Å². The summed E-state index contributed by atoms with van der Waals surface area (Å²) in [4.78, 5) is 231. The Labute approximate surface area is 796 Å². The van der Waals surface area contributed by atoms with Gasteiger partial charge in [0.2, 0.25) is 0 Å². The van der Waals surface area contributed by atoms with Crippen molar-refractivity contribution in [3.05, 3.63) is 135 Å². The molecule has 0 saturated heterocycles. The van der Waals surface area contributed by atoms with Gasteiger partial charge < -0.3 is 104 Å². The molecule has 61 heteroatoms. The van der Waals surface area contributed by atoms with Gasteiger partial charge in [-0.2, -0.15) is 26.3 Å². The molecule has 0 atom stereocenters. The van der Waals surface area contributed by atoms with Crippen LogP contribution in [0.1, 0.15) is 74.1 Å². The zero-order chi connectivity index (χ0) is 111. The second kappa shape index (κ2) is 103. The highest BCUT2D eigenvalue weighted by Gasteiger charge is 2.26. The Balaban J connectivity index is -0.000000117. The Bertz CT molecular complexity index is 4050. The van der Waals surface area contributed by atoms with Gasteiger partial charge >= 0.3 is 144 Å². The molecule has 0 aliphatic carbocycles. The summed E-state index contributed by atoms with van der Waals surface area (Å²) in [5, 5.41) is 0. The fourth-order valence-electron chi connectivity index (χ4n) is 4.94. The van der Waals surface area contributed by atoms with E-state index in [0.29, 0.717) is 30.7 Å². The van der Waals surface area contributed by atoms with E-state index in [2.05, 4.69) is 137 Å². The largest absolute Gasteiger partial charge is 0.461 e. The number of methoxy groups -OCH3 is 6. The monoisotopic (exact) mass is 2100 g/mol. The van der Waals surface area contributed by atoms with Crippen molar-refractivity contribution in [2.24, 2.45) is 0 Å². The molecule has 0 spiro atoms. The first kappa shape index (κ1) is 154. The molecule has 0 radical (unpaired) electrons. The van der Waals surface area contributed by atoms with E-state index in [0.717, 1.165) is 54.8 Å². The molecule has 812 valence electrons. The second-order valence-corrected chi connectivity index (χ2v) is 21.4. The van der Waals surface area contributed by atoms with Crippen LogP contribution in [0.4, 0.5) is 75.3 Å². The molecule has 0 aliphatic heterocycles. The third-order valence-corrected chi connectivity index (χ3v) is 10.6. The van der Waals surface area contributed by atoms with Crippen molar-refractivity contribution in [1.29, 1.82) is 0 Å². The Morgan fingerprint density at radius 1 is 0.246 bits per heavy atom. The first-order valence-corrected chi connectivity index (χ1v) is 37.7. The lowest BCUT2D eigenvalue weighted by molar-refractivity contribution is -0.167. The second-order valence-electron chi connectivity index (χ2n) is 21.4. The third kappa shape index (κ3) is 122.